The fourth-order valence-electron chi connectivity index (χ4n) is 2.83. The number of carbonyl (C=O) groups is 2. The molecule has 1 fully saturated rings. The van der Waals surface area contributed by atoms with Gasteiger partial charge in [0.1, 0.15) is 11.8 Å². The third kappa shape index (κ3) is 4.47. The highest BCUT2D eigenvalue weighted by molar-refractivity contribution is 5.88. The van der Waals surface area contributed by atoms with Gasteiger partial charge in [-0.05, 0) is 42.4 Å². The lowest BCUT2D eigenvalue weighted by atomic mass is 10.0. The number of benzene rings is 1. The molecule has 5 nitrogen and oxygen atoms in total. The fourth-order valence-corrected chi connectivity index (χ4v) is 2.83. The molecule has 5 heteroatoms. The van der Waals surface area contributed by atoms with E-state index in [1.54, 1.807) is 7.11 Å². The average Bonchev–Trinajstić information content (AvgIpc) is 3.33. The Balaban J connectivity index is 1.97. The molecule has 0 bridgehead atoms. The number of hydrogen-bond donors (Lipinski definition) is 1. The molecule has 3 atom stereocenters. The number of hydrogen-bond acceptors (Lipinski definition) is 4. The van der Waals surface area contributed by atoms with Crippen LogP contribution < -0.4 is 10.1 Å². The number of amides is 1. The van der Waals surface area contributed by atoms with Crippen molar-refractivity contribution >= 4 is 11.9 Å². The minimum absolute atomic E-state index is 0.0751. The minimum Gasteiger partial charge on any atom is -0.497 e. The van der Waals surface area contributed by atoms with Crippen LogP contribution in [0.1, 0.15) is 38.2 Å². The molecule has 0 heterocycles. The monoisotopic (exact) mass is 319 g/mol. The Morgan fingerprint density at radius 1 is 1.30 bits per heavy atom. The van der Waals surface area contributed by atoms with Gasteiger partial charge in [-0.25, -0.2) is 4.79 Å². The summed E-state index contributed by atoms with van der Waals surface area (Å²) in [5, 5.41) is 2.84. The third-order valence-electron chi connectivity index (χ3n) is 4.16. The summed E-state index contributed by atoms with van der Waals surface area (Å²) in [6.07, 6.45) is 1.38. The molecule has 0 radical (unpaired) electrons. The van der Waals surface area contributed by atoms with Gasteiger partial charge in [-0.1, -0.05) is 26.0 Å². The molecule has 0 saturated heterocycles. The van der Waals surface area contributed by atoms with Crippen molar-refractivity contribution in [3.63, 3.8) is 0 Å². The Hall–Kier alpha value is -2.04. The molecule has 23 heavy (non-hydrogen) atoms. The van der Waals surface area contributed by atoms with Crippen LogP contribution in [0.2, 0.25) is 0 Å². The maximum atomic E-state index is 12.4. The molecule has 1 aliphatic rings. The number of rotatable bonds is 7. The first-order chi connectivity index (χ1) is 11.0. The van der Waals surface area contributed by atoms with Crippen LogP contribution in [-0.4, -0.2) is 32.1 Å². The smallest absolute Gasteiger partial charge is 0.328 e. The van der Waals surface area contributed by atoms with Gasteiger partial charge in [0.15, 0.2) is 0 Å². The van der Waals surface area contributed by atoms with Crippen molar-refractivity contribution in [2.24, 2.45) is 11.8 Å². The lowest BCUT2D eigenvalue weighted by molar-refractivity contribution is -0.145. The fraction of sp³-hybridized carbons (Fsp3) is 0.556. The molecule has 1 aliphatic carbocycles. The summed E-state index contributed by atoms with van der Waals surface area (Å²) in [4.78, 5) is 24.2. The average molecular weight is 319 g/mol. The van der Waals surface area contributed by atoms with E-state index in [-0.39, 0.29) is 23.7 Å². The number of nitrogens with one attached hydrogen (secondary N) is 1. The van der Waals surface area contributed by atoms with Gasteiger partial charge in [0, 0.05) is 5.92 Å². The summed E-state index contributed by atoms with van der Waals surface area (Å²) in [5.74, 6) is 0.747. The van der Waals surface area contributed by atoms with Crippen molar-refractivity contribution in [1.29, 1.82) is 0 Å². The van der Waals surface area contributed by atoms with E-state index >= 15 is 0 Å². The highest BCUT2D eigenvalue weighted by Gasteiger charge is 2.45. The van der Waals surface area contributed by atoms with Gasteiger partial charge in [-0.2, -0.15) is 0 Å². The molecule has 0 spiro atoms. The van der Waals surface area contributed by atoms with Crippen molar-refractivity contribution in [2.75, 3.05) is 14.2 Å². The van der Waals surface area contributed by atoms with Gasteiger partial charge in [0.25, 0.3) is 0 Å². The maximum absolute atomic E-state index is 12.4. The lowest BCUT2D eigenvalue weighted by Crippen LogP contribution is -2.43. The number of methoxy groups -OCH3 is 2. The topological polar surface area (TPSA) is 64.6 Å². The van der Waals surface area contributed by atoms with Crippen molar-refractivity contribution < 1.29 is 19.1 Å². The third-order valence-corrected chi connectivity index (χ3v) is 4.16. The molecule has 1 aromatic carbocycles. The van der Waals surface area contributed by atoms with Crippen molar-refractivity contribution in [2.45, 2.75) is 38.6 Å². The quantitative estimate of drug-likeness (QED) is 0.784. The predicted octanol–water partition coefficient (Wildman–Crippen LogP) is 2.50. The Bertz CT molecular complexity index is 570. The molecule has 1 amide bonds. The van der Waals surface area contributed by atoms with E-state index in [2.05, 4.69) is 5.32 Å². The predicted molar refractivity (Wildman–Crippen MR) is 87.2 cm³/mol. The van der Waals surface area contributed by atoms with Gasteiger partial charge in [0.2, 0.25) is 5.91 Å². The molecule has 0 aliphatic heterocycles. The van der Waals surface area contributed by atoms with Crippen LogP contribution in [0.3, 0.4) is 0 Å². The van der Waals surface area contributed by atoms with Crippen LogP contribution in [0.15, 0.2) is 24.3 Å². The molecule has 126 valence electrons. The molecule has 2 rings (SSSR count). The summed E-state index contributed by atoms with van der Waals surface area (Å²) in [5.41, 5.74) is 1.10. The Kier molecular flexibility index (Phi) is 5.64. The van der Waals surface area contributed by atoms with Gasteiger partial charge >= 0.3 is 5.97 Å². The second-order valence-corrected chi connectivity index (χ2v) is 6.44. The number of carbonyl (C=O) groups excluding carboxylic acids is 2. The minimum atomic E-state index is -0.570. The highest BCUT2D eigenvalue weighted by atomic mass is 16.5. The first-order valence-electron chi connectivity index (χ1n) is 7.98. The zero-order chi connectivity index (χ0) is 17.0. The van der Waals surface area contributed by atoms with Crippen LogP contribution >= 0.6 is 0 Å². The Morgan fingerprint density at radius 2 is 2.04 bits per heavy atom. The largest absolute Gasteiger partial charge is 0.497 e. The van der Waals surface area contributed by atoms with Gasteiger partial charge in [0.05, 0.1) is 14.2 Å². The number of ether oxygens (including phenoxy) is 2. The summed E-state index contributed by atoms with van der Waals surface area (Å²) < 4.78 is 10.0. The lowest BCUT2D eigenvalue weighted by Gasteiger charge is -2.18. The molecule has 0 aromatic heterocycles. The van der Waals surface area contributed by atoms with Gasteiger partial charge < -0.3 is 14.8 Å². The van der Waals surface area contributed by atoms with Crippen molar-refractivity contribution in [1.82, 2.24) is 5.32 Å². The summed E-state index contributed by atoms with van der Waals surface area (Å²) in [6.45, 7) is 4.02. The Labute approximate surface area is 137 Å². The zero-order valence-electron chi connectivity index (χ0n) is 14.2. The van der Waals surface area contributed by atoms with E-state index in [0.29, 0.717) is 12.3 Å². The van der Waals surface area contributed by atoms with Crippen LogP contribution in [-0.2, 0) is 14.3 Å². The van der Waals surface area contributed by atoms with E-state index in [0.717, 1.165) is 17.7 Å². The molecule has 1 aromatic rings. The van der Waals surface area contributed by atoms with Crippen molar-refractivity contribution in [3.8, 4) is 5.75 Å². The highest BCUT2D eigenvalue weighted by Crippen LogP contribution is 2.48. The van der Waals surface area contributed by atoms with Gasteiger partial charge in [-0.15, -0.1) is 0 Å². The molecular weight excluding hydrogens is 294 g/mol. The van der Waals surface area contributed by atoms with E-state index in [9.17, 15) is 9.59 Å². The second-order valence-electron chi connectivity index (χ2n) is 6.44. The molecule has 1 N–H and O–H groups in total. The van der Waals surface area contributed by atoms with E-state index in [1.165, 1.54) is 7.11 Å². The summed E-state index contributed by atoms with van der Waals surface area (Å²) >= 11 is 0. The summed E-state index contributed by atoms with van der Waals surface area (Å²) in [6, 6.07) is 7.21. The number of esters is 1. The van der Waals surface area contributed by atoms with Gasteiger partial charge in [-0.3, -0.25) is 4.79 Å². The second kappa shape index (κ2) is 7.49. The van der Waals surface area contributed by atoms with Crippen molar-refractivity contribution in [3.05, 3.63) is 29.8 Å². The normalized spacial score (nSPS) is 20.7. The van der Waals surface area contributed by atoms with Crippen LogP contribution in [0, 0.1) is 11.8 Å². The molecular formula is C18H25NO4. The van der Waals surface area contributed by atoms with E-state index in [1.807, 2.05) is 38.1 Å². The first-order valence-corrected chi connectivity index (χ1v) is 7.98. The standard InChI is InChI=1S/C18H25NO4/c1-11(2)8-16(18(21)23-4)19-17(20)15-10-14(15)12-6-5-7-13(9-12)22-3/h5-7,9,11,14-16H,8,10H2,1-4H3,(H,19,20). The van der Waals surface area contributed by atoms with E-state index in [4.69, 9.17) is 9.47 Å². The molecule has 3 unspecified atom stereocenters. The maximum Gasteiger partial charge on any atom is 0.328 e. The summed E-state index contributed by atoms with van der Waals surface area (Å²) in [7, 11) is 2.97. The van der Waals surface area contributed by atoms with Crippen LogP contribution in [0.25, 0.3) is 0 Å². The zero-order valence-corrected chi connectivity index (χ0v) is 14.2. The molecule has 1 saturated carbocycles. The van der Waals surface area contributed by atoms with Crippen LogP contribution in [0.4, 0.5) is 0 Å². The SMILES string of the molecule is COC(=O)C(CC(C)C)NC(=O)C1CC1c1cccc(OC)c1. The van der Waals surface area contributed by atoms with E-state index < -0.39 is 6.04 Å². The first kappa shape index (κ1) is 17.3. The van der Waals surface area contributed by atoms with Crippen LogP contribution in [0.5, 0.6) is 5.75 Å². The Morgan fingerprint density at radius 3 is 2.65 bits per heavy atom.